The van der Waals surface area contributed by atoms with Gasteiger partial charge in [0.2, 0.25) is 5.91 Å². The van der Waals surface area contributed by atoms with Gasteiger partial charge in [0.25, 0.3) is 0 Å². The largest absolute Gasteiger partial charge is 0.352 e. The molecule has 1 amide bonds. The SMILES string of the molecule is CCCCCCCCCCCCCC(=O)NCc1ccc(SC)cc1. The number of carbonyl (C=O) groups excluding carboxylic acids is 1. The second-order valence-electron chi connectivity index (χ2n) is 6.91. The molecule has 0 unspecified atom stereocenters. The quantitative estimate of drug-likeness (QED) is 0.276. The molecule has 0 radical (unpaired) electrons. The van der Waals surface area contributed by atoms with E-state index in [4.69, 9.17) is 0 Å². The lowest BCUT2D eigenvalue weighted by Gasteiger charge is -2.06. The van der Waals surface area contributed by atoms with E-state index in [0.717, 1.165) is 6.42 Å². The first-order valence-corrected chi connectivity index (χ1v) is 11.4. The average Bonchev–Trinajstić information content (AvgIpc) is 2.65. The first kappa shape index (κ1) is 22.1. The van der Waals surface area contributed by atoms with Crippen LogP contribution in [0.5, 0.6) is 0 Å². The highest BCUT2D eigenvalue weighted by molar-refractivity contribution is 7.98. The minimum absolute atomic E-state index is 0.185. The summed E-state index contributed by atoms with van der Waals surface area (Å²) in [5.41, 5.74) is 1.17. The highest BCUT2D eigenvalue weighted by atomic mass is 32.2. The molecule has 0 aliphatic heterocycles. The molecule has 0 fully saturated rings. The van der Waals surface area contributed by atoms with Crippen molar-refractivity contribution in [3.05, 3.63) is 29.8 Å². The van der Waals surface area contributed by atoms with Crippen molar-refractivity contribution in [3.8, 4) is 0 Å². The second-order valence-corrected chi connectivity index (χ2v) is 7.79. The molecule has 0 atom stereocenters. The van der Waals surface area contributed by atoms with Gasteiger partial charge < -0.3 is 5.32 Å². The van der Waals surface area contributed by atoms with Crippen molar-refractivity contribution in [2.45, 2.75) is 95.4 Å². The molecule has 142 valence electrons. The van der Waals surface area contributed by atoms with Gasteiger partial charge in [0.1, 0.15) is 0 Å². The summed E-state index contributed by atoms with van der Waals surface area (Å²) in [5.74, 6) is 0.185. The Bertz CT molecular complexity index is 444. The van der Waals surface area contributed by atoms with E-state index < -0.39 is 0 Å². The number of rotatable bonds is 15. The van der Waals surface area contributed by atoms with E-state index in [9.17, 15) is 4.79 Å². The summed E-state index contributed by atoms with van der Waals surface area (Å²) in [6.07, 6.45) is 17.3. The molecule has 0 aromatic heterocycles. The normalized spacial score (nSPS) is 10.8. The Hall–Kier alpha value is -0.960. The van der Waals surface area contributed by atoms with Crippen molar-refractivity contribution in [2.75, 3.05) is 6.26 Å². The Labute approximate surface area is 159 Å². The van der Waals surface area contributed by atoms with E-state index in [1.54, 1.807) is 11.8 Å². The molecule has 0 spiro atoms. The fourth-order valence-electron chi connectivity index (χ4n) is 2.98. The van der Waals surface area contributed by atoms with Crippen molar-refractivity contribution >= 4 is 17.7 Å². The number of nitrogens with one attached hydrogen (secondary N) is 1. The number of hydrogen-bond acceptors (Lipinski definition) is 2. The van der Waals surface area contributed by atoms with E-state index in [2.05, 4.69) is 42.8 Å². The highest BCUT2D eigenvalue weighted by Crippen LogP contribution is 2.15. The molecule has 2 nitrogen and oxygen atoms in total. The molecular weight excluding hydrogens is 326 g/mol. The van der Waals surface area contributed by atoms with Crippen LogP contribution < -0.4 is 5.32 Å². The van der Waals surface area contributed by atoms with Gasteiger partial charge in [0.15, 0.2) is 0 Å². The van der Waals surface area contributed by atoms with Crippen LogP contribution in [-0.2, 0) is 11.3 Å². The molecule has 0 bridgehead atoms. The molecular formula is C22H37NOS. The van der Waals surface area contributed by atoms with Crippen molar-refractivity contribution < 1.29 is 4.79 Å². The minimum atomic E-state index is 0.185. The molecule has 1 aromatic carbocycles. The minimum Gasteiger partial charge on any atom is -0.352 e. The summed E-state index contributed by atoms with van der Waals surface area (Å²) in [5, 5.41) is 3.03. The van der Waals surface area contributed by atoms with Crippen LogP contribution in [0, 0.1) is 0 Å². The molecule has 25 heavy (non-hydrogen) atoms. The van der Waals surface area contributed by atoms with Crippen LogP contribution in [0.4, 0.5) is 0 Å². The number of hydrogen-bond donors (Lipinski definition) is 1. The third-order valence-corrected chi connectivity index (χ3v) is 5.40. The average molecular weight is 364 g/mol. The Morgan fingerprint density at radius 2 is 1.36 bits per heavy atom. The van der Waals surface area contributed by atoms with E-state index >= 15 is 0 Å². The maximum atomic E-state index is 11.9. The summed E-state index contributed by atoms with van der Waals surface area (Å²) in [6.45, 7) is 2.91. The van der Waals surface area contributed by atoms with Crippen LogP contribution in [0.15, 0.2) is 29.2 Å². The van der Waals surface area contributed by atoms with Gasteiger partial charge in [-0.15, -0.1) is 11.8 Å². The number of carbonyl (C=O) groups is 1. The molecule has 0 saturated carbocycles. The lowest BCUT2D eigenvalue weighted by Crippen LogP contribution is -2.22. The molecule has 1 aromatic rings. The van der Waals surface area contributed by atoms with Gasteiger partial charge in [-0.25, -0.2) is 0 Å². The fraction of sp³-hybridized carbons (Fsp3) is 0.682. The zero-order chi connectivity index (χ0) is 18.2. The summed E-state index contributed by atoms with van der Waals surface area (Å²) >= 11 is 1.74. The third-order valence-electron chi connectivity index (χ3n) is 4.66. The first-order chi connectivity index (χ1) is 12.3. The van der Waals surface area contributed by atoms with Crippen LogP contribution in [0.1, 0.15) is 89.5 Å². The number of amides is 1. The summed E-state index contributed by atoms with van der Waals surface area (Å²) in [4.78, 5) is 13.1. The van der Waals surface area contributed by atoms with E-state index in [1.807, 2.05) is 0 Å². The monoisotopic (exact) mass is 363 g/mol. The smallest absolute Gasteiger partial charge is 0.220 e. The van der Waals surface area contributed by atoms with Gasteiger partial charge in [-0.3, -0.25) is 4.79 Å². The molecule has 0 heterocycles. The van der Waals surface area contributed by atoms with Gasteiger partial charge in [-0.2, -0.15) is 0 Å². The van der Waals surface area contributed by atoms with Crippen molar-refractivity contribution in [1.29, 1.82) is 0 Å². The molecule has 1 rings (SSSR count). The summed E-state index contributed by atoms with van der Waals surface area (Å²) in [6, 6.07) is 8.40. The van der Waals surface area contributed by atoms with Gasteiger partial charge in [0, 0.05) is 17.9 Å². The van der Waals surface area contributed by atoms with Crippen molar-refractivity contribution in [1.82, 2.24) is 5.32 Å². The van der Waals surface area contributed by atoms with Gasteiger partial charge in [0.05, 0.1) is 0 Å². The predicted molar refractivity (Wildman–Crippen MR) is 111 cm³/mol. The van der Waals surface area contributed by atoms with Gasteiger partial charge in [-0.1, -0.05) is 83.3 Å². The van der Waals surface area contributed by atoms with E-state index in [1.165, 1.54) is 74.7 Å². The standard InChI is InChI=1S/C22H37NOS/c1-3-4-5-6-7-8-9-10-11-12-13-14-22(24)23-19-20-15-17-21(25-2)18-16-20/h15-18H,3-14,19H2,1-2H3,(H,23,24). The van der Waals surface area contributed by atoms with Crippen LogP contribution >= 0.6 is 11.8 Å². The number of benzene rings is 1. The molecule has 3 heteroatoms. The maximum absolute atomic E-state index is 11.9. The molecule has 0 saturated heterocycles. The van der Waals surface area contributed by atoms with Gasteiger partial charge >= 0.3 is 0 Å². The third kappa shape index (κ3) is 12.1. The van der Waals surface area contributed by atoms with Crippen LogP contribution in [0.3, 0.4) is 0 Å². The zero-order valence-corrected chi connectivity index (χ0v) is 17.1. The topological polar surface area (TPSA) is 29.1 Å². The lowest BCUT2D eigenvalue weighted by molar-refractivity contribution is -0.121. The summed E-state index contributed by atoms with van der Waals surface area (Å²) < 4.78 is 0. The van der Waals surface area contributed by atoms with Gasteiger partial charge in [-0.05, 0) is 30.4 Å². The zero-order valence-electron chi connectivity index (χ0n) is 16.3. The lowest BCUT2D eigenvalue weighted by atomic mass is 10.1. The van der Waals surface area contributed by atoms with Crippen molar-refractivity contribution in [2.24, 2.45) is 0 Å². The summed E-state index contributed by atoms with van der Waals surface area (Å²) in [7, 11) is 0. The number of thioether (sulfide) groups is 1. The van der Waals surface area contributed by atoms with Crippen LogP contribution in [0.2, 0.25) is 0 Å². The first-order valence-electron chi connectivity index (χ1n) is 10.2. The maximum Gasteiger partial charge on any atom is 0.220 e. The van der Waals surface area contributed by atoms with E-state index in [0.29, 0.717) is 13.0 Å². The van der Waals surface area contributed by atoms with E-state index in [-0.39, 0.29) is 5.91 Å². The Morgan fingerprint density at radius 1 is 0.840 bits per heavy atom. The van der Waals surface area contributed by atoms with Crippen LogP contribution in [0.25, 0.3) is 0 Å². The highest BCUT2D eigenvalue weighted by Gasteiger charge is 2.01. The predicted octanol–water partition coefficient (Wildman–Crippen LogP) is 6.73. The molecule has 1 N–H and O–H groups in total. The Kier molecular flexibility index (Phi) is 13.5. The van der Waals surface area contributed by atoms with Crippen LogP contribution in [-0.4, -0.2) is 12.2 Å². The van der Waals surface area contributed by atoms with Crippen molar-refractivity contribution in [3.63, 3.8) is 0 Å². The fourth-order valence-corrected chi connectivity index (χ4v) is 3.39. The second kappa shape index (κ2) is 15.3. The number of unbranched alkanes of at least 4 members (excludes halogenated alkanes) is 10. The molecule has 0 aliphatic rings. The molecule has 0 aliphatic carbocycles. The Balaban J connectivity index is 1.91. The Morgan fingerprint density at radius 3 is 1.88 bits per heavy atom.